The molecule has 34 heavy (non-hydrogen) atoms. The van der Waals surface area contributed by atoms with Crippen LogP contribution >= 0.6 is 0 Å². The molecule has 5 heteroatoms. The zero-order chi connectivity index (χ0) is 24.9. The van der Waals surface area contributed by atoms with Crippen molar-refractivity contribution in [1.29, 1.82) is 0 Å². The van der Waals surface area contributed by atoms with Gasteiger partial charge in [0.25, 0.3) is 0 Å². The highest BCUT2D eigenvalue weighted by molar-refractivity contribution is 5.40. The van der Waals surface area contributed by atoms with Gasteiger partial charge in [-0.1, -0.05) is 44.1 Å². The van der Waals surface area contributed by atoms with Gasteiger partial charge in [0.15, 0.2) is 0 Å². The molecule has 3 aliphatic rings. The van der Waals surface area contributed by atoms with Crippen molar-refractivity contribution < 1.29 is 25.2 Å². The predicted molar refractivity (Wildman–Crippen MR) is 136 cm³/mol. The molecule has 0 spiro atoms. The third kappa shape index (κ3) is 6.61. The van der Waals surface area contributed by atoms with Gasteiger partial charge in [0.05, 0.1) is 11.7 Å². The molecule has 0 amide bonds. The van der Waals surface area contributed by atoms with Crippen molar-refractivity contribution in [2.45, 2.75) is 115 Å². The molecule has 3 aliphatic carbocycles. The summed E-state index contributed by atoms with van der Waals surface area (Å²) in [5.41, 5.74) is 2.84. The first kappa shape index (κ1) is 27.6. The van der Waals surface area contributed by atoms with Crippen LogP contribution in [0.25, 0.3) is 0 Å². The molecule has 0 heterocycles. The van der Waals surface area contributed by atoms with E-state index in [1.54, 1.807) is 0 Å². The predicted octanol–water partition coefficient (Wildman–Crippen LogP) is 4.84. The van der Waals surface area contributed by atoms with Gasteiger partial charge in [-0.05, 0) is 93.6 Å². The maximum Gasteiger partial charge on any atom is 0.114 e. The third-order valence-electron chi connectivity index (χ3n) is 8.75. The van der Waals surface area contributed by atoms with E-state index in [9.17, 15) is 15.3 Å². The molecular weight excluding hydrogens is 428 g/mol. The smallest absolute Gasteiger partial charge is 0.114 e. The maximum atomic E-state index is 10.7. The Balaban J connectivity index is 1.63. The molecule has 3 rings (SSSR count). The van der Waals surface area contributed by atoms with E-state index in [0.717, 1.165) is 30.8 Å². The molecular formula is C29H48O5. The van der Waals surface area contributed by atoms with Crippen molar-refractivity contribution in [1.82, 2.24) is 0 Å². The Labute approximate surface area is 206 Å². The Kier molecular flexibility index (Phi) is 9.61. The lowest BCUT2D eigenvalue weighted by atomic mass is 9.62. The van der Waals surface area contributed by atoms with Crippen molar-refractivity contribution in [3.8, 4) is 0 Å². The molecule has 6 atom stereocenters. The largest absolute Gasteiger partial charge is 0.396 e. The van der Waals surface area contributed by atoms with Crippen LogP contribution in [0, 0.1) is 17.3 Å². The molecule has 0 bridgehead atoms. The van der Waals surface area contributed by atoms with Gasteiger partial charge in [0, 0.05) is 19.6 Å². The van der Waals surface area contributed by atoms with Crippen LogP contribution in [0.2, 0.25) is 0 Å². The van der Waals surface area contributed by atoms with Crippen molar-refractivity contribution in [3.05, 3.63) is 35.5 Å². The molecule has 3 saturated carbocycles. The number of unbranched alkanes of at least 4 members (excludes halogenated alkanes) is 1. The summed E-state index contributed by atoms with van der Waals surface area (Å²) in [6.07, 6.45) is 13.4. The van der Waals surface area contributed by atoms with Crippen LogP contribution in [-0.4, -0.2) is 57.6 Å². The fourth-order valence-corrected chi connectivity index (χ4v) is 6.71. The van der Waals surface area contributed by atoms with Crippen LogP contribution in [-0.2, 0) is 4.74 Å². The lowest BCUT2D eigenvalue weighted by molar-refractivity contribution is -0.0968. The number of aliphatic hydroxyl groups excluding tert-OH is 3. The average Bonchev–Trinajstić information content (AvgIpc) is 3.11. The van der Waals surface area contributed by atoms with Gasteiger partial charge in [-0.25, -0.2) is 0 Å². The van der Waals surface area contributed by atoms with Gasteiger partial charge in [-0.2, -0.15) is 0 Å². The summed E-state index contributed by atoms with van der Waals surface area (Å²) in [5, 5.41) is 40.2. The lowest BCUT2D eigenvalue weighted by Crippen LogP contribution is -2.45. The van der Waals surface area contributed by atoms with E-state index >= 15 is 0 Å². The zero-order valence-corrected chi connectivity index (χ0v) is 21.6. The van der Waals surface area contributed by atoms with Crippen LogP contribution in [0.1, 0.15) is 91.4 Å². The number of allylic oxidation sites excluding steroid dienone is 3. The third-order valence-corrected chi connectivity index (χ3v) is 8.75. The summed E-state index contributed by atoms with van der Waals surface area (Å²) >= 11 is 0. The van der Waals surface area contributed by atoms with E-state index in [2.05, 4.69) is 25.7 Å². The standard InChI is InChI=1S/C29H48O5/c1-20-22(19-25(31)27(26(20)32)34-18-8-17-30)12-11-21-9-7-16-29(4)23(13-14-24(21)29)10-5-6-15-28(2,3)33/h11-12,23-27,30-33H,1,5-10,13-19H2,2-4H3/t23-,24?,25+,26+,27+,29+/m0/s1. The highest BCUT2D eigenvalue weighted by Crippen LogP contribution is 2.58. The van der Waals surface area contributed by atoms with Crippen LogP contribution in [0.5, 0.6) is 0 Å². The van der Waals surface area contributed by atoms with E-state index in [4.69, 9.17) is 9.84 Å². The van der Waals surface area contributed by atoms with Crippen LogP contribution < -0.4 is 0 Å². The maximum absolute atomic E-state index is 10.7. The first-order valence-electron chi connectivity index (χ1n) is 13.5. The van der Waals surface area contributed by atoms with Crippen molar-refractivity contribution in [2.24, 2.45) is 17.3 Å². The zero-order valence-electron chi connectivity index (χ0n) is 21.6. The van der Waals surface area contributed by atoms with Crippen molar-refractivity contribution in [3.63, 3.8) is 0 Å². The van der Waals surface area contributed by atoms with E-state index < -0.39 is 23.9 Å². The minimum absolute atomic E-state index is 0.0281. The number of ether oxygens (including phenoxy) is 1. The first-order chi connectivity index (χ1) is 16.1. The second-order valence-corrected chi connectivity index (χ2v) is 11.8. The number of aliphatic hydroxyl groups is 4. The Morgan fingerprint density at radius 3 is 2.62 bits per heavy atom. The van der Waals surface area contributed by atoms with Gasteiger partial charge in [-0.3, -0.25) is 0 Å². The van der Waals surface area contributed by atoms with Crippen LogP contribution in [0.4, 0.5) is 0 Å². The van der Waals surface area contributed by atoms with Gasteiger partial charge in [0.1, 0.15) is 12.2 Å². The summed E-state index contributed by atoms with van der Waals surface area (Å²) in [4.78, 5) is 0. The van der Waals surface area contributed by atoms with E-state index in [1.165, 1.54) is 44.1 Å². The van der Waals surface area contributed by atoms with Gasteiger partial charge >= 0.3 is 0 Å². The molecule has 1 unspecified atom stereocenters. The second kappa shape index (κ2) is 11.8. The first-order valence-corrected chi connectivity index (χ1v) is 13.5. The molecule has 5 nitrogen and oxygen atoms in total. The quantitative estimate of drug-likeness (QED) is 0.339. The fourth-order valence-electron chi connectivity index (χ4n) is 6.71. The van der Waals surface area contributed by atoms with Crippen LogP contribution in [0.3, 0.4) is 0 Å². The minimum Gasteiger partial charge on any atom is -0.396 e. The van der Waals surface area contributed by atoms with Gasteiger partial charge in [-0.15, -0.1) is 0 Å². The molecule has 0 radical (unpaired) electrons. The normalized spacial score (nSPS) is 36.9. The Bertz CT molecular complexity index is 748. The second-order valence-electron chi connectivity index (χ2n) is 11.8. The Morgan fingerprint density at radius 2 is 1.91 bits per heavy atom. The summed E-state index contributed by atoms with van der Waals surface area (Å²) in [6.45, 7) is 10.7. The summed E-state index contributed by atoms with van der Waals surface area (Å²) in [7, 11) is 0. The summed E-state index contributed by atoms with van der Waals surface area (Å²) < 4.78 is 5.62. The number of fused-ring (bicyclic) bond motifs is 1. The fraction of sp³-hybridized carbons (Fsp3) is 0.793. The molecule has 0 saturated heterocycles. The van der Waals surface area contributed by atoms with Gasteiger partial charge in [0.2, 0.25) is 0 Å². The summed E-state index contributed by atoms with van der Waals surface area (Å²) in [6, 6.07) is 0. The number of rotatable bonds is 10. The van der Waals surface area contributed by atoms with Crippen molar-refractivity contribution in [2.75, 3.05) is 13.2 Å². The number of hydrogen-bond donors (Lipinski definition) is 4. The molecule has 3 fully saturated rings. The van der Waals surface area contributed by atoms with Crippen molar-refractivity contribution >= 4 is 0 Å². The average molecular weight is 477 g/mol. The Morgan fingerprint density at radius 1 is 1.15 bits per heavy atom. The minimum atomic E-state index is -0.927. The van der Waals surface area contributed by atoms with Crippen LogP contribution in [0.15, 0.2) is 35.5 Å². The Hall–Kier alpha value is -0.980. The van der Waals surface area contributed by atoms with Gasteiger partial charge < -0.3 is 25.2 Å². The molecule has 0 aromatic rings. The molecule has 0 aromatic heterocycles. The van der Waals surface area contributed by atoms with E-state index in [-0.39, 0.29) is 6.61 Å². The number of hydrogen-bond acceptors (Lipinski definition) is 5. The lowest BCUT2D eigenvalue weighted by Gasteiger charge is -2.42. The highest BCUT2D eigenvalue weighted by atomic mass is 16.5. The van der Waals surface area contributed by atoms with E-state index in [0.29, 0.717) is 36.4 Å². The molecule has 194 valence electrons. The molecule has 0 aliphatic heterocycles. The molecule has 0 aromatic carbocycles. The highest BCUT2D eigenvalue weighted by Gasteiger charge is 2.48. The topological polar surface area (TPSA) is 90.2 Å². The summed E-state index contributed by atoms with van der Waals surface area (Å²) in [5.74, 6) is 1.36. The monoisotopic (exact) mass is 476 g/mol. The van der Waals surface area contributed by atoms with E-state index in [1.807, 2.05) is 13.8 Å². The SMILES string of the molecule is C=C1C(=CC=C2CCC[C@@]3(C)C2CC[C@@H]3CCCCC(C)(C)O)C[C@@H](O)[C@@H](OCCCO)[C@@H]1O. The molecule has 4 N–H and O–H groups in total.